The fourth-order valence-corrected chi connectivity index (χ4v) is 4.45. The van der Waals surface area contributed by atoms with Gasteiger partial charge >= 0.3 is 0 Å². The number of fused-ring (bicyclic) bond motifs is 3. The predicted molar refractivity (Wildman–Crippen MR) is 103 cm³/mol. The molecule has 1 aliphatic heterocycles. The van der Waals surface area contributed by atoms with Crippen molar-refractivity contribution in [2.24, 2.45) is 0 Å². The van der Waals surface area contributed by atoms with E-state index in [-0.39, 0.29) is 5.91 Å². The van der Waals surface area contributed by atoms with Gasteiger partial charge in [-0.25, -0.2) is 5.48 Å². The summed E-state index contributed by atoms with van der Waals surface area (Å²) >= 11 is 1.52. The Morgan fingerprint density at radius 1 is 1.15 bits per heavy atom. The van der Waals surface area contributed by atoms with E-state index in [1.807, 2.05) is 26.1 Å². The van der Waals surface area contributed by atoms with Crippen LogP contribution in [0, 0.1) is 6.92 Å². The topological polar surface area (TPSA) is 74.6 Å². The highest BCUT2D eigenvalue weighted by atomic mass is 32.2. The van der Waals surface area contributed by atoms with Crippen LogP contribution >= 0.6 is 11.8 Å². The Kier molecular flexibility index (Phi) is 4.41. The summed E-state index contributed by atoms with van der Waals surface area (Å²) in [6, 6.07) is 13.2. The summed E-state index contributed by atoms with van der Waals surface area (Å²) in [5, 5.41) is 9.81. The van der Waals surface area contributed by atoms with Gasteiger partial charge in [0.05, 0.1) is 4.90 Å². The Labute approximate surface area is 160 Å². The molecule has 27 heavy (non-hydrogen) atoms. The van der Waals surface area contributed by atoms with E-state index in [9.17, 15) is 9.59 Å². The number of aromatic nitrogens is 1. The summed E-state index contributed by atoms with van der Waals surface area (Å²) in [4.78, 5) is 28.0. The van der Waals surface area contributed by atoms with Crippen molar-refractivity contribution in [3.05, 3.63) is 59.3 Å². The Morgan fingerprint density at radius 3 is 2.59 bits per heavy atom. The van der Waals surface area contributed by atoms with Crippen LogP contribution < -0.4 is 5.48 Å². The molecule has 7 heteroatoms. The van der Waals surface area contributed by atoms with E-state index >= 15 is 0 Å². The summed E-state index contributed by atoms with van der Waals surface area (Å²) in [5.41, 5.74) is 4.92. The van der Waals surface area contributed by atoms with Gasteiger partial charge < -0.3 is 9.47 Å². The zero-order valence-electron chi connectivity index (χ0n) is 15.0. The number of aryl methyl sites for hydroxylation is 1. The number of carbonyl (C=O) groups excluding carboxylic acids is 2. The largest absolute Gasteiger partial charge is 0.339 e. The highest BCUT2D eigenvalue weighted by Crippen LogP contribution is 2.40. The molecule has 0 fully saturated rings. The predicted octanol–water partition coefficient (Wildman–Crippen LogP) is 3.31. The summed E-state index contributed by atoms with van der Waals surface area (Å²) < 4.78 is 2.10. The molecule has 0 bridgehead atoms. The molecule has 3 aromatic rings. The van der Waals surface area contributed by atoms with Crippen molar-refractivity contribution in [3.8, 4) is 0 Å². The minimum atomic E-state index is -0.550. The lowest BCUT2D eigenvalue weighted by Crippen LogP contribution is -2.37. The van der Waals surface area contributed by atoms with Gasteiger partial charge in [0.1, 0.15) is 5.69 Å². The van der Waals surface area contributed by atoms with Crippen molar-refractivity contribution >= 4 is 34.5 Å². The Bertz CT molecular complexity index is 1060. The number of carbonyl (C=O) groups is 2. The lowest BCUT2D eigenvalue weighted by Gasteiger charge is -2.25. The molecule has 0 saturated carbocycles. The van der Waals surface area contributed by atoms with Crippen LogP contribution in [0.15, 0.2) is 52.3 Å². The van der Waals surface area contributed by atoms with E-state index in [1.165, 1.54) is 11.8 Å². The van der Waals surface area contributed by atoms with Crippen molar-refractivity contribution in [2.45, 2.75) is 23.3 Å². The molecule has 2 N–H and O–H groups in total. The van der Waals surface area contributed by atoms with Gasteiger partial charge in [-0.1, -0.05) is 23.4 Å². The van der Waals surface area contributed by atoms with Crippen LogP contribution in [0.25, 0.3) is 10.9 Å². The van der Waals surface area contributed by atoms with Crippen LogP contribution in [-0.4, -0.2) is 40.1 Å². The number of nitrogens with zero attached hydrogens (tertiary/aromatic N) is 2. The highest BCUT2D eigenvalue weighted by molar-refractivity contribution is 7.99. The molecule has 4 rings (SSSR count). The van der Waals surface area contributed by atoms with Crippen LogP contribution in [-0.2, 0) is 6.54 Å². The fraction of sp³-hybridized carbons (Fsp3) is 0.200. The standard InChI is InChI=1S/C20H19N3O3S/c1-12-3-8-16-15(11-12)18(17-20(25)22(2)9-10-23(16)17)27-14-6-4-13(5-7-14)19(24)21-26/h3-8,11,26H,9-10H2,1-2H3,(H,21,24). The molecule has 2 amide bonds. The van der Waals surface area contributed by atoms with E-state index in [0.29, 0.717) is 17.8 Å². The Balaban J connectivity index is 1.82. The first-order valence-electron chi connectivity index (χ1n) is 8.60. The molecular weight excluding hydrogens is 362 g/mol. The SMILES string of the molecule is Cc1ccc2c(c1)c(Sc1ccc(C(=O)NO)cc1)c1n2CCN(C)C1=O. The number of likely N-dealkylation sites (N-methyl/N-ethyl adjacent to an activating group) is 1. The number of amides is 2. The molecule has 0 atom stereocenters. The summed E-state index contributed by atoms with van der Waals surface area (Å²) in [5.74, 6) is -0.528. The maximum atomic E-state index is 12.9. The second kappa shape index (κ2) is 6.75. The number of nitrogens with one attached hydrogen (secondary N) is 1. The summed E-state index contributed by atoms with van der Waals surface area (Å²) in [6.45, 7) is 3.51. The summed E-state index contributed by atoms with van der Waals surface area (Å²) in [6.07, 6.45) is 0. The number of benzene rings is 2. The first-order chi connectivity index (χ1) is 13.0. The van der Waals surface area contributed by atoms with Crippen molar-refractivity contribution in [1.29, 1.82) is 0 Å². The van der Waals surface area contributed by atoms with E-state index in [2.05, 4.69) is 22.8 Å². The Morgan fingerprint density at radius 2 is 1.89 bits per heavy atom. The second-order valence-corrected chi connectivity index (χ2v) is 7.73. The van der Waals surface area contributed by atoms with Crippen LogP contribution in [0.3, 0.4) is 0 Å². The van der Waals surface area contributed by atoms with E-state index in [1.54, 1.807) is 22.5 Å². The molecule has 0 unspecified atom stereocenters. The molecule has 2 aromatic carbocycles. The van der Waals surface area contributed by atoms with Crippen LogP contribution in [0.5, 0.6) is 0 Å². The van der Waals surface area contributed by atoms with Gasteiger partial charge in [0.15, 0.2) is 0 Å². The van der Waals surface area contributed by atoms with Gasteiger partial charge in [0.2, 0.25) is 0 Å². The smallest absolute Gasteiger partial charge is 0.274 e. The van der Waals surface area contributed by atoms with Crippen molar-refractivity contribution in [2.75, 3.05) is 13.6 Å². The van der Waals surface area contributed by atoms with E-state index in [0.717, 1.165) is 32.8 Å². The van der Waals surface area contributed by atoms with E-state index in [4.69, 9.17) is 5.21 Å². The third kappa shape index (κ3) is 2.98. The number of hydrogen-bond acceptors (Lipinski definition) is 4. The third-order valence-electron chi connectivity index (χ3n) is 4.82. The minimum absolute atomic E-state index is 0.0221. The molecule has 0 saturated heterocycles. The van der Waals surface area contributed by atoms with Crippen molar-refractivity contribution < 1.29 is 14.8 Å². The first kappa shape index (κ1) is 17.6. The maximum absolute atomic E-state index is 12.9. The minimum Gasteiger partial charge on any atom is -0.339 e. The summed E-state index contributed by atoms with van der Waals surface area (Å²) in [7, 11) is 1.82. The molecule has 6 nitrogen and oxygen atoms in total. The van der Waals surface area contributed by atoms with Crippen LogP contribution in [0.4, 0.5) is 0 Å². The van der Waals surface area contributed by atoms with Gasteiger partial charge in [-0.3, -0.25) is 14.8 Å². The van der Waals surface area contributed by atoms with Gasteiger partial charge in [0, 0.05) is 41.5 Å². The van der Waals surface area contributed by atoms with Gasteiger partial charge in [-0.2, -0.15) is 0 Å². The average molecular weight is 381 g/mol. The lowest BCUT2D eigenvalue weighted by molar-refractivity contribution is 0.0705. The van der Waals surface area contributed by atoms with Crippen molar-refractivity contribution in [1.82, 2.24) is 14.9 Å². The molecule has 1 aliphatic rings. The Hall–Kier alpha value is -2.77. The first-order valence-corrected chi connectivity index (χ1v) is 9.42. The van der Waals surface area contributed by atoms with Crippen LogP contribution in [0.2, 0.25) is 0 Å². The fourth-order valence-electron chi connectivity index (χ4n) is 3.37. The average Bonchev–Trinajstić information content (AvgIpc) is 2.98. The van der Waals surface area contributed by atoms with Gasteiger partial charge in [0.25, 0.3) is 11.8 Å². The number of hydroxylamine groups is 1. The lowest BCUT2D eigenvalue weighted by atomic mass is 10.2. The van der Waals surface area contributed by atoms with E-state index < -0.39 is 5.91 Å². The number of hydrogen-bond donors (Lipinski definition) is 2. The highest BCUT2D eigenvalue weighted by Gasteiger charge is 2.29. The third-order valence-corrected chi connectivity index (χ3v) is 5.94. The van der Waals surface area contributed by atoms with Crippen LogP contribution in [0.1, 0.15) is 26.4 Å². The molecule has 0 radical (unpaired) electrons. The second-order valence-electron chi connectivity index (χ2n) is 6.64. The molecule has 0 aliphatic carbocycles. The quantitative estimate of drug-likeness (QED) is 0.539. The molecule has 138 valence electrons. The maximum Gasteiger partial charge on any atom is 0.274 e. The normalized spacial score (nSPS) is 13.7. The molecule has 2 heterocycles. The zero-order valence-corrected chi connectivity index (χ0v) is 15.8. The molecule has 1 aromatic heterocycles. The molecular formula is C20H19N3O3S. The monoisotopic (exact) mass is 381 g/mol. The van der Waals surface area contributed by atoms with Crippen molar-refractivity contribution in [3.63, 3.8) is 0 Å². The molecule has 0 spiro atoms. The number of rotatable bonds is 3. The van der Waals surface area contributed by atoms with Gasteiger partial charge in [-0.15, -0.1) is 0 Å². The van der Waals surface area contributed by atoms with Gasteiger partial charge in [-0.05, 0) is 43.3 Å². The zero-order chi connectivity index (χ0) is 19.1.